The number of rotatable bonds is 5. The third-order valence-corrected chi connectivity index (χ3v) is 4.07. The van der Waals surface area contributed by atoms with Gasteiger partial charge in [-0.25, -0.2) is 4.98 Å². The van der Waals surface area contributed by atoms with Crippen molar-refractivity contribution in [2.24, 2.45) is 5.73 Å². The number of para-hydroxylation sites is 1. The highest BCUT2D eigenvalue weighted by atomic mass is 35.5. The summed E-state index contributed by atoms with van der Waals surface area (Å²) < 4.78 is 5.74. The Balaban J connectivity index is 0.00000192. The van der Waals surface area contributed by atoms with E-state index < -0.39 is 5.91 Å². The number of aromatic nitrogens is 1. The van der Waals surface area contributed by atoms with Crippen LogP contribution < -0.4 is 10.5 Å². The van der Waals surface area contributed by atoms with Gasteiger partial charge in [0, 0.05) is 6.42 Å². The molecule has 2 N–H and O–H groups in total. The number of carbonyl (C=O) groups is 1. The number of halogens is 1. The van der Waals surface area contributed by atoms with E-state index >= 15 is 0 Å². The molecule has 0 unspecified atom stereocenters. The van der Waals surface area contributed by atoms with Gasteiger partial charge in [0.05, 0.1) is 11.2 Å². The summed E-state index contributed by atoms with van der Waals surface area (Å²) in [4.78, 5) is 15.8. The van der Waals surface area contributed by atoms with Gasteiger partial charge in [0.25, 0.3) is 5.91 Å². The predicted octanol–water partition coefficient (Wildman–Crippen LogP) is 4.05. The van der Waals surface area contributed by atoms with E-state index in [0.29, 0.717) is 11.3 Å². The number of nitrogens with zero attached hydrogens (tertiary/aromatic N) is 1. The van der Waals surface area contributed by atoms with Crippen molar-refractivity contribution < 1.29 is 9.53 Å². The summed E-state index contributed by atoms with van der Waals surface area (Å²) in [5.74, 6) is 1.16. The third-order valence-electron chi connectivity index (χ3n) is 3.05. The summed E-state index contributed by atoms with van der Waals surface area (Å²) in [7, 11) is 0. The number of benzene rings is 2. The summed E-state index contributed by atoms with van der Waals surface area (Å²) in [5.41, 5.74) is 6.33. The van der Waals surface area contributed by atoms with E-state index in [9.17, 15) is 4.79 Å². The van der Waals surface area contributed by atoms with Crippen LogP contribution in [0, 0.1) is 0 Å². The maximum atomic E-state index is 11.1. The number of carbonyl (C=O) groups excluding carboxylic acids is 1. The van der Waals surface area contributed by atoms with E-state index in [1.54, 1.807) is 0 Å². The molecule has 0 saturated heterocycles. The molecule has 3 aromatic rings. The van der Waals surface area contributed by atoms with Crippen LogP contribution in [0.15, 0.2) is 60.8 Å². The van der Waals surface area contributed by atoms with Gasteiger partial charge in [0.1, 0.15) is 16.4 Å². The number of hydrogen-bond acceptors (Lipinski definition) is 4. The fourth-order valence-corrected chi connectivity index (χ4v) is 2.78. The summed E-state index contributed by atoms with van der Waals surface area (Å²) in [6, 6.07) is 17.5. The first-order valence-electron chi connectivity index (χ1n) is 6.77. The van der Waals surface area contributed by atoms with Gasteiger partial charge in [0.2, 0.25) is 0 Å². The minimum absolute atomic E-state index is 0. The van der Waals surface area contributed by atoms with Crippen LogP contribution in [-0.4, -0.2) is 10.9 Å². The topological polar surface area (TPSA) is 65.2 Å². The lowest BCUT2D eigenvalue weighted by molar-refractivity contribution is 0.100. The summed E-state index contributed by atoms with van der Waals surface area (Å²) in [5, 5.41) is 0.866. The van der Waals surface area contributed by atoms with Gasteiger partial charge in [-0.15, -0.1) is 23.7 Å². The van der Waals surface area contributed by atoms with Crippen LogP contribution in [-0.2, 0) is 6.42 Å². The zero-order valence-corrected chi connectivity index (χ0v) is 13.8. The van der Waals surface area contributed by atoms with Crippen molar-refractivity contribution in [1.29, 1.82) is 0 Å². The molecule has 0 fully saturated rings. The highest BCUT2D eigenvalue weighted by Gasteiger charge is 2.07. The van der Waals surface area contributed by atoms with E-state index in [0.717, 1.165) is 22.1 Å². The molecule has 0 aliphatic rings. The minimum Gasteiger partial charge on any atom is -0.457 e. The van der Waals surface area contributed by atoms with Gasteiger partial charge in [-0.1, -0.05) is 30.3 Å². The largest absolute Gasteiger partial charge is 0.457 e. The quantitative estimate of drug-likeness (QED) is 0.758. The standard InChI is InChI=1S/C17H14N2O2S.ClH/c18-17(20)15-11-19-16(22-15)10-12-6-8-14(9-7-12)21-13-4-2-1-3-5-13;/h1-9,11H,10H2,(H2,18,20);1H. The molecule has 23 heavy (non-hydrogen) atoms. The van der Waals surface area contributed by atoms with E-state index in [4.69, 9.17) is 10.5 Å². The summed E-state index contributed by atoms with van der Waals surface area (Å²) in [6.07, 6.45) is 2.19. The molecule has 0 spiro atoms. The Hall–Kier alpha value is -2.37. The maximum absolute atomic E-state index is 11.1. The number of thiazole rings is 1. The Labute approximate surface area is 144 Å². The summed E-state index contributed by atoms with van der Waals surface area (Å²) in [6.45, 7) is 0. The Kier molecular flexibility index (Phi) is 5.73. The lowest BCUT2D eigenvalue weighted by Gasteiger charge is -2.06. The van der Waals surface area contributed by atoms with Crippen molar-refractivity contribution in [3.8, 4) is 11.5 Å². The molecule has 0 atom stereocenters. The van der Waals surface area contributed by atoms with Crippen molar-refractivity contribution in [3.63, 3.8) is 0 Å². The monoisotopic (exact) mass is 346 g/mol. The van der Waals surface area contributed by atoms with Crippen molar-refractivity contribution >= 4 is 29.7 Å². The molecule has 1 amide bonds. The molecule has 6 heteroatoms. The SMILES string of the molecule is Cl.NC(=O)c1cnc(Cc2ccc(Oc3ccccc3)cc2)s1. The number of nitrogens with two attached hydrogens (primary N) is 1. The molecule has 118 valence electrons. The molecule has 2 aromatic carbocycles. The minimum atomic E-state index is -0.435. The fourth-order valence-electron chi connectivity index (χ4n) is 1.98. The van der Waals surface area contributed by atoms with E-state index in [1.165, 1.54) is 17.5 Å². The number of hydrogen-bond donors (Lipinski definition) is 1. The average Bonchev–Trinajstić information content (AvgIpc) is 2.99. The average molecular weight is 347 g/mol. The van der Waals surface area contributed by atoms with Gasteiger partial charge >= 0.3 is 0 Å². The van der Waals surface area contributed by atoms with Crippen LogP contribution in [0.25, 0.3) is 0 Å². The van der Waals surface area contributed by atoms with Crippen LogP contribution in [0.5, 0.6) is 11.5 Å². The van der Waals surface area contributed by atoms with E-state index in [-0.39, 0.29) is 12.4 Å². The Morgan fingerprint density at radius 2 is 1.70 bits per heavy atom. The molecule has 0 aliphatic heterocycles. The molecule has 1 heterocycles. The number of primary amides is 1. The van der Waals surface area contributed by atoms with Crippen molar-refractivity contribution in [2.75, 3.05) is 0 Å². The van der Waals surface area contributed by atoms with Crippen molar-refractivity contribution in [1.82, 2.24) is 4.98 Å². The Bertz CT molecular complexity index is 773. The second kappa shape index (κ2) is 7.76. The lowest BCUT2D eigenvalue weighted by atomic mass is 10.1. The van der Waals surface area contributed by atoms with Gasteiger partial charge < -0.3 is 10.5 Å². The highest BCUT2D eigenvalue weighted by Crippen LogP contribution is 2.23. The van der Waals surface area contributed by atoms with Crippen LogP contribution in [0.3, 0.4) is 0 Å². The lowest BCUT2D eigenvalue weighted by Crippen LogP contribution is -2.08. The highest BCUT2D eigenvalue weighted by molar-refractivity contribution is 7.13. The van der Waals surface area contributed by atoms with Gasteiger partial charge in [-0.05, 0) is 29.8 Å². The first-order valence-corrected chi connectivity index (χ1v) is 7.59. The Morgan fingerprint density at radius 1 is 1.04 bits per heavy atom. The molecule has 0 saturated carbocycles. The second-order valence-corrected chi connectivity index (χ2v) is 5.83. The molecule has 0 aliphatic carbocycles. The number of amides is 1. The maximum Gasteiger partial charge on any atom is 0.260 e. The zero-order chi connectivity index (χ0) is 15.4. The summed E-state index contributed by atoms with van der Waals surface area (Å²) >= 11 is 1.33. The van der Waals surface area contributed by atoms with Crippen molar-refractivity contribution in [3.05, 3.63) is 76.2 Å². The van der Waals surface area contributed by atoms with Gasteiger partial charge in [-0.3, -0.25) is 4.79 Å². The smallest absolute Gasteiger partial charge is 0.260 e. The first-order chi connectivity index (χ1) is 10.7. The zero-order valence-electron chi connectivity index (χ0n) is 12.1. The fraction of sp³-hybridized carbons (Fsp3) is 0.0588. The van der Waals surface area contributed by atoms with E-state index in [1.807, 2.05) is 54.6 Å². The molecule has 1 aromatic heterocycles. The molecule has 0 radical (unpaired) electrons. The van der Waals surface area contributed by atoms with Crippen LogP contribution in [0.2, 0.25) is 0 Å². The van der Waals surface area contributed by atoms with Crippen LogP contribution in [0.1, 0.15) is 20.2 Å². The normalized spacial score (nSPS) is 9.91. The molecular weight excluding hydrogens is 332 g/mol. The third kappa shape index (κ3) is 4.55. The molecule has 4 nitrogen and oxygen atoms in total. The number of ether oxygens (including phenoxy) is 1. The Morgan fingerprint density at radius 3 is 2.30 bits per heavy atom. The van der Waals surface area contributed by atoms with Crippen LogP contribution in [0.4, 0.5) is 0 Å². The molecule has 3 rings (SSSR count). The molecule has 0 bridgehead atoms. The predicted molar refractivity (Wildman–Crippen MR) is 93.6 cm³/mol. The first kappa shape index (κ1) is 17.0. The van der Waals surface area contributed by atoms with E-state index in [2.05, 4.69) is 4.98 Å². The van der Waals surface area contributed by atoms with Crippen LogP contribution >= 0.6 is 23.7 Å². The van der Waals surface area contributed by atoms with Gasteiger partial charge in [0.15, 0.2) is 0 Å². The molecular formula is C17H15ClN2O2S. The second-order valence-electron chi connectivity index (χ2n) is 4.72. The van der Waals surface area contributed by atoms with Gasteiger partial charge in [-0.2, -0.15) is 0 Å². The van der Waals surface area contributed by atoms with Crippen molar-refractivity contribution in [2.45, 2.75) is 6.42 Å².